The number of aliphatic carboxylic acids is 1. The maximum Gasteiger partial charge on any atom is 0.472 e. The first-order valence-electron chi connectivity index (χ1n) is 27.4. The highest BCUT2D eigenvalue weighted by Crippen LogP contribution is 2.43. The van der Waals surface area contributed by atoms with Crippen LogP contribution in [0.1, 0.15) is 271 Å². The van der Waals surface area contributed by atoms with Gasteiger partial charge in [-0.05, 0) is 44.9 Å². The van der Waals surface area contributed by atoms with Crippen molar-refractivity contribution in [2.75, 3.05) is 19.8 Å². The molecule has 0 bridgehead atoms. The number of ether oxygens (including phenoxy) is 1. The van der Waals surface area contributed by atoms with Crippen molar-refractivity contribution in [3.05, 3.63) is 24.3 Å². The van der Waals surface area contributed by atoms with Crippen LogP contribution in [-0.2, 0) is 32.7 Å². The Kier molecular flexibility index (Phi) is 47.9. The van der Waals surface area contributed by atoms with Crippen LogP contribution >= 0.6 is 7.82 Å². The molecule has 0 saturated carbocycles. The minimum Gasteiger partial charge on any atom is -0.480 e. The van der Waals surface area contributed by atoms with Gasteiger partial charge in [-0.3, -0.25) is 18.6 Å². The molecule has 0 aliphatic rings. The predicted octanol–water partition coefficient (Wildman–Crippen LogP) is 15.3. The number of nitrogens with one attached hydrogen (secondary N) is 1. The summed E-state index contributed by atoms with van der Waals surface area (Å²) >= 11 is 0. The minimum absolute atomic E-state index is 0.151. The second-order valence-corrected chi connectivity index (χ2v) is 20.2. The highest BCUT2D eigenvalue weighted by atomic mass is 31.2. The van der Waals surface area contributed by atoms with E-state index >= 15 is 0 Å². The van der Waals surface area contributed by atoms with Crippen molar-refractivity contribution in [3.63, 3.8) is 0 Å². The number of amides is 1. The van der Waals surface area contributed by atoms with Gasteiger partial charge < -0.3 is 25.2 Å². The summed E-state index contributed by atoms with van der Waals surface area (Å²) in [7, 11) is -4.76. The monoisotopic (exact) mass is 956 g/mol. The summed E-state index contributed by atoms with van der Waals surface area (Å²) in [6.45, 7) is 2.63. The number of rotatable bonds is 52. The van der Waals surface area contributed by atoms with Crippen LogP contribution in [0.25, 0.3) is 0 Å². The van der Waals surface area contributed by atoms with Crippen molar-refractivity contribution in [3.8, 4) is 0 Å². The maximum atomic E-state index is 12.4. The van der Waals surface area contributed by atoms with E-state index in [1.165, 1.54) is 186 Å². The Morgan fingerprint density at radius 2 is 0.833 bits per heavy atom. The third kappa shape index (κ3) is 48.4. The van der Waals surface area contributed by atoms with Gasteiger partial charge in [0.1, 0.15) is 12.7 Å². The molecule has 0 spiro atoms. The van der Waals surface area contributed by atoms with Crippen LogP contribution in [0.15, 0.2) is 24.3 Å². The highest BCUT2D eigenvalue weighted by molar-refractivity contribution is 7.47. The summed E-state index contributed by atoms with van der Waals surface area (Å²) in [6.07, 6.45) is 54.9. The minimum atomic E-state index is -4.76. The van der Waals surface area contributed by atoms with Crippen molar-refractivity contribution in [1.29, 1.82) is 0 Å². The summed E-state index contributed by atoms with van der Waals surface area (Å²) in [4.78, 5) is 46.2. The lowest BCUT2D eigenvalue weighted by atomic mass is 10.0. The molecule has 388 valence electrons. The summed E-state index contributed by atoms with van der Waals surface area (Å²) < 4.78 is 27.0. The molecule has 0 radical (unpaired) electrons. The molecule has 0 aliphatic carbocycles. The number of carbonyl (C=O) groups is 3. The zero-order valence-corrected chi connectivity index (χ0v) is 43.4. The molecule has 66 heavy (non-hydrogen) atoms. The van der Waals surface area contributed by atoms with E-state index in [2.05, 4.69) is 43.5 Å². The molecule has 12 heteroatoms. The van der Waals surface area contributed by atoms with E-state index in [1.807, 2.05) is 0 Å². The van der Waals surface area contributed by atoms with Gasteiger partial charge in [-0.15, -0.1) is 0 Å². The summed E-state index contributed by atoms with van der Waals surface area (Å²) in [5, 5.41) is 22.0. The molecule has 0 fully saturated rings. The average molecular weight is 956 g/mol. The molecule has 0 aliphatic heterocycles. The van der Waals surface area contributed by atoms with Crippen molar-refractivity contribution in [1.82, 2.24) is 5.32 Å². The standard InChI is InChI=1S/C54H102NO10P/c1-3-5-7-9-11-13-15-17-19-21-23-24-25-26-28-30-32-34-36-38-40-42-44-46-53(58)63-47-50(56)48-64-66(61,62)65-49-51(54(59)60)55-52(57)45-43-41-39-37-35-33-31-29-27-22-20-18-16-14-12-10-8-6-4-2/h11,13,17,19,50-51,56H,3-10,12,14-16,18,20-49H2,1-2H3,(H,55,57)(H,59,60)(H,61,62)/b13-11-,19-17-. The molecule has 3 atom stereocenters. The number of allylic oxidation sites excluding steroid dienone is 4. The van der Waals surface area contributed by atoms with Crippen molar-refractivity contribution >= 4 is 25.7 Å². The first-order chi connectivity index (χ1) is 32.1. The van der Waals surface area contributed by atoms with Crippen LogP contribution < -0.4 is 5.32 Å². The zero-order valence-electron chi connectivity index (χ0n) is 42.5. The van der Waals surface area contributed by atoms with E-state index in [1.54, 1.807) is 0 Å². The number of carboxylic acids is 1. The molecule has 0 aromatic heterocycles. The molecular formula is C54H102NO10P. The first kappa shape index (κ1) is 64.0. The van der Waals surface area contributed by atoms with Crippen molar-refractivity contribution in [2.45, 2.75) is 283 Å². The van der Waals surface area contributed by atoms with E-state index in [0.717, 1.165) is 44.9 Å². The van der Waals surface area contributed by atoms with Crippen LogP contribution in [0.2, 0.25) is 0 Å². The highest BCUT2D eigenvalue weighted by Gasteiger charge is 2.28. The van der Waals surface area contributed by atoms with Crippen LogP contribution in [-0.4, -0.2) is 64.9 Å². The summed E-state index contributed by atoms with van der Waals surface area (Å²) in [5.74, 6) is -2.35. The molecule has 1 amide bonds. The predicted molar refractivity (Wildman–Crippen MR) is 273 cm³/mol. The number of phosphoric acid groups is 1. The number of phosphoric ester groups is 1. The Hall–Kier alpha value is -2.04. The number of aliphatic hydroxyl groups excluding tert-OH is 1. The Morgan fingerprint density at radius 1 is 0.485 bits per heavy atom. The fourth-order valence-corrected chi connectivity index (χ4v) is 8.77. The fraction of sp³-hybridized carbons (Fsp3) is 0.870. The fourth-order valence-electron chi connectivity index (χ4n) is 8.00. The normalized spacial score (nSPS) is 13.6. The number of aliphatic hydroxyl groups is 1. The van der Waals surface area contributed by atoms with E-state index in [-0.39, 0.29) is 12.8 Å². The third-order valence-corrected chi connectivity index (χ3v) is 13.2. The quantitative estimate of drug-likeness (QED) is 0.0199. The Morgan fingerprint density at radius 3 is 1.26 bits per heavy atom. The Balaban J connectivity index is 3.76. The van der Waals surface area contributed by atoms with E-state index in [0.29, 0.717) is 12.8 Å². The Labute approximate surface area is 404 Å². The molecule has 0 aromatic carbocycles. The molecule has 0 rings (SSSR count). The number of unbranched alkanes of at least 4 members (excludes halogenated alkanes) is 34. The molecule has 11 nitrogen and oxygen atoms in total. The SMILES string of the molecule is CCCCC/C=C\C/C=C\CCCCCCCCCCCCCCCC(=O)OCC(O)COP(=O)(O)OCC(NC(=O)CCCCCCCCCCCCCCCCCCCCC)C(=O)O. The Bertz CT molecular complexity index is 1210. The van der Waals surface area contributed by atoms with E-state index in [4.69, 9.17) is 13.8 Å². The molecule has 0 saturated heterocycles. The van der Waals surface area contributed by atoms with Crippen LogP contribution in [0.3, 0.4) is 0 Å². The van der Waals surface area contributed by atoms with Gasteiger partial charge >= 0.3 is 19.8 Å². The van der Waals surface area contributed by atoms with Crippen LogP contribution in [0.5, 0.6) is 0 Å². The molecule has 0 aromatic rings. The van der Waals surface area contributed by atoms with Gasteiger partial charge in [-0.25, -0.2) is 9.36 Å². The average Bonchev–Trinajstić information content (AvgIpc) is 3.29. The van der Waals surface area contributed by atoms with Gasteiger partial charge in [0.25, 0.3) is 0 Å². The van der Waals surface area contributed by atoms with Gasteiger partial charge in [-0.2, -0.15) is 0 Å². The van der Waals surface area contributed by atoms with Crippen molar-refractivity contribution in [2.24, 2.45) is 0 Å². The molecule has 4 N–H and O–H groups in total. The second-order valence-electron chi connectivity index (χ2n) is 18.8. The van der Waals surface area contributed by atoms with Gasteiger partial charge in [-0.1, -0.05) is 237 Å². The lowest BCUT2D eigenvalue weighted by molar-refractivity contribution is -0.147. The van der Waals surface area contributed by atoms with E-state index in [9.17, 15) is 34.1 Å². The lowest BCUT2D eigenvalue weighted by Gasteiger charge is -2.18. The van der Waals surface area contributed by atoms with Gasteiger partial charge in [0.15, 0.2) is 6.04 Å². The zero-order chi connectivity index (χ0) is 48.4. The van der Waals surface area contributed by atoms with Gasteiger partial charge in [0.2, 0.25) is 5.91 Å². The summed E-state index contributed by atoms with van der Waals surface area (Å²) in [6, 6.07) is -1.54. The number of carbonyl (C=O) groups excluding carboxylic acids is 2. The maximum absolute atomic E-state index is 12.4. The second kappa shape index (κ2) is 49.4. The molecular weight excluding hydrogens is 854 g/mol. The van der Waals surface area contributed by atoms with Crippen LogP contribution in [0, 0.1) is 0 Å². The smallest absolute Gasteiger partial charge is 0.472 e. The summed E-state index contributed by atoms with van der Waals surface area (Å²) in [5.41, 5.74) is 0. The third-order valence-electron chi connectivity index (χ3n) is 12.2. The number of carboxylic acid groups (broad SMARTS) is 1. The van der Waals surface area contributed by atoms with Gasteiger partial charge in [0, 0.05) is 12.8 Å². The molecule has 3 unspecified atom stereocenters. The van der Waals surface area contributed by atoms with Gasteiger partial charge in [0.05, 0.1) is 13.2 Å². The number of hydrogen-bond acceptors (Lipinski definition) is 8. The number of esters is 1. The largest absolute Gasteiger partial charge is 0.480 e. The first-order valence-corrected chi connectivity index (χ1v) is 28.9. The lowest BCUT2D eigenvalue weighted by Crippen LogP contribution is -2.43. The van der Waals surface area contributed by atoms with Crippen molar-refractivity contribution < 1.29 is 47.8 Å². The molecule has 0 heterocycles. The van der Waals surface area contributed by atoms with Crippen LogP contribution in [0.4, 0.5) is 0 Å². The number of hydrogen-bond donors (Lipinski definition) is 4. The topological polar surface area (TPSA) is 169 Å². The van der Waals surface area contributed by atoms with E-state index < -0.39 is 57.6 Å².